The second-order valence-corrected chi connectivity index (χ2v) is 12.0. The molecule has 0 fully saturated rings. The summed E-state index contributed by atoms with van der Waals surface area (Å²) in [6, 6.07) is 8.23. The number of nitrogens with two attached hydrogens (primary N) is 1. The number of fused-ring (bicyclic) bond motifs is 2. The first-order valence-electron chi connectivity index (χ1n) is 12.1. The lowest BCUT2D eigenvalue weighted by Gasteiger charge is -2.31. The fraction of sp³-hybridized carbons (Fsp3) is 0.400. The van der Waals surface area contributed by atoms with E-state index in [1.54, 1.807) is 4.90 Å². The summed E-state index contributed by atoms with van der Waals surface area (Å²) >= 11 is 0. The first-order chi connectivity index (χ1) is 17.8. The Morgan fingerprint density at radius 3 is 2.68 bits per heavy atom. The largest absolute Gasteiger partial charge is 0.419 e. The Labute approximate surface area is 219 Å². The second-order valence-electron chi connectivity index (χ2n) is 10.2. The summed E-state index contributed by atoms with van der Waals surface area (Å²) in [7, 11) is -3.60. The number of halogens is 3. The van der Waals surface area contributed by atoms with Gasteiger partial charge in [-0.05, 0) is 36.2 Å². The summed E-state index contributed by atoms with van der Waals surface area (Å²) in [5, 5.41) is 8.57. The minimum atomic E-state index is -4.51. The molecule has 0 aliphatic carbocycles. The standard InChI is InChI=1S/C25H28F3N7O2S/c1-24(2)14-35(10-11-38(29,36)37)21-12-16(5-6-18(21)24)33-22-17-7-9-34(13-20(17)31-15-32-22)23-19(25(26,27)28)4-3-8-30-23/h3-6,8,12,15H,7,9-11,13-14H2,1-2H3,(H2,29,36,37)(H,31,32,33). The van der Waals surface area contributed by atoms with Gasteiger partial charge in [0.15, 0.2) is 0 Å². The summed E-state index contributed by atoms with van der Waals surface area (Å²) in [5.41, 5.74) is 3.31. The highest BCUT2D eigenvalue weighted by molar-refractivity contribution is 7.89. The molecule has 0 saturated heterocycles. The Bertz CT molecular complexity index is 1480. The number of nitrogens with zero attached hydrogens (tertiary/aromatic N) is 5. The number of nitrogens with one attached hydrogen (secondary N) is 1. The van der Waals surface area contributed by atoms with Crippen molar-refractivity contribution < 1.29 is 21.6 Å². The van der Waals surface area contributed by atoms with Crippen LogP contribution in [0.1, 0.15) is 36.2 Å². The first kappa shape index (κ1) is 26.2. The van der Waals surface area contributed by atoms with Gasteiger partial charge in [-0.25, -0.2) is 28.5 Å². The minimum Gasteiger partial charge on any atom is -0.369 e. The first-order valence-corrected chi connectivity index (χ1v) is 13.8. The number of anilines is 4. The maximum Gasteiger partial charge on any atom is 0.419 e. The number of benzene rings is 1. The number of aromatic nitrogens is 3. The maximum atomic E-state index is 13.5. The molecule has 0 unspecified atom stereocenters. The third kappa shape index (κ3) is 5.25. The monoisotopic (exact) mass is 547 g/mol. The molecule has 2 aromatic heterocycles. The molecular formula is C25H28F3N7O2S. The number of alkyl halides is 3. The molecule has 0 radical (unpaired) electrons. The second kappa shape index (κ2) is 9.38. The molecule has 202 valence electrons. The zero-order chi connectivity index (χ0) is 27.3. The van der Waals surface area contributed by atoms with E-state index in [2.05, 4.69) is 34.1 Å². The number of pyridine rings is 1. The molecule has 13 heteroatoms. The summed E-state index contributed by atoms with van der Waals surface area (Å²) in [6.45, 7) is 5.65. The van der Waals surface area contributed by atoms with Gasteiger partial charge in [-0.1, -0.05) is 19.9 Å². The Kier molecular flexibility index (Phi) is 6.46. The van der Waals surface area contributed by atoms with Crippen LogP contribution in [0.3, 0.4) is 0 Å². The number of primary sulfonamides is 1. The van der Waals surface area contributed by atoms with E-state index in [0.29, 0.717) is 31.0 Å². The molecule has 0 bridgehead atoms. The van der Waals surface area contributed by atoms with Crippen molar-refractivity contribution in [1.29, 1.82) is 0 Å². The molecule has 0 amide bonds. The molecule has 4 heterocycles. The van der Waals surface area contributed by atoms with Crippen LogP contribution in [0, 0.1) is 0 Å². The molecule has 9 nitrogen and oxygen atoms in total. The van der Waals surface area contributed by atoms with Gasteiger partial charge in [0.25, 0.3) is 0 Å². The van der Waals surface area contributed by atoms with E-state index in [-0.39, 0.29) is 30.1 Å². The molecule has 3 aromatic rings. The van der Waals surface area contributed by atoms with Crippen LogP contribution in [0.2, 0.25) is 0 Å². The van der Waals surface area contributed by atoms with E-state index in [4.69, 9.17) is 5.14 Å². The molecule has 5 rings (SSSR count). The van der Waals surface area contributed by atoms with E-state index < -0.39 is 21.8 Å². The molecule has 1 aromatic carbocycles. The van der Waals surface area contributed by atoms with Crippen LogP contribution in [-0.2, 0) is 34.6 Å². The van der Waals surface area contributed by atoms with E-state index >= 15 is 0 Å². The fourth-order valence-corrected chi connectivity index (χ4v) is 5.65. The van der Waals surface area contributed by atoms with Crippen LogP contribution >= 0.6 is 0 Å². The molecule has 38 heavy (non-hydrogen) atoms. The number of hydrogen-bond donors (Lipinski definition) is 2. The SMILES string of the molecule is CC1(C)CN(CCS(N)(=O)=O)c2cc(Nc3ncnc4c3CCN(c3ncccc3C(F)(F)F)C4)ccc21. The van der Waals surface area contributed by atoms with Gasteiger partial charge in [0.2, 0.25) is 10.0 Å². The van der Waals surface area contributed by atoms with Gasteiger partial charge in [0.05, 0.1) is 23.6 Å². The average Bonchev–Trinajstić information content (AvgIpc) is 3.11. The van der Waals surface area contributed by atoms with Crippen LogP contribution in [0.15, 0.2) is 42.9 Å². The zero-order valence-corrected chi connectivity index (χ0v) is 21.8. The van der Waals surface area contributed by atoms with Crippen molar-refractivity contribution in [3.63, 3.8) is 0 Å². The molecular weight excluding hydrogens is 519 g/mol. The zero-order valence-electron chi connectivity index (χ0n) is 21.0. The number of sulfonamides is 1. The third-order valence-corrected chi connectivity index (χ3v) is 7.71. The predicted molar refractivity (Wildman–Crippen MR) is 139 cm³/mol. The Morgan fingerprint density at radius 2 is 1.95 bits per heavy atom. The Morgan fingerprint density at radius 1 is 1.16 bits per heavy atom. The van der Waals surface area contributed by atoms with Gasteiger partial charge in [0, 0.05) is 48.2 Å². The van der Waals surface area contributed by atoms with Crippen molar-refractivity contribution in [2.45, 2.75) is 38.4 Å². The molecule has 0 saturated carbocycles. The molecule has 3 N–H and O–H groups in total. The number of hydrogen-bond acceptors (Lipinski definition) is 8. The lowest BCUT2D eigenvalue weighted by atomic mass is 9.87. The van der Waals surface area contributed by atoms with Crippen molar-refractivity contribution in [2.24, 2.45) is 5.14 Å². The highest BCUT2D eigenvalue weighted by atomic mass is 32.2. The van der Waals surface area contributed by atoms with Crippen LogP contribution in [0.25, 0.3) is 0 Å². The lowest BCUT2D eigenvalue weighted by Crippen LogP contribution is -2.34. The van der Waals surface area contributed by atoms with Crippen LogP contribution in [0.5, 0.6) is 0 Å². The average molecular weight is 548 g/mol. The highest BCUT2D eigenvalue weighted by Crippen LogP contribution is 2.42. The summed E-state index contributed by atoms with van der Waals surface area (Å²) in [4.78, 5) is 16.4. The summed E-state index contributed by atoms with van der Waals surface area (Å²) in [5.74, 6) is 0.321. The van der Waals surface area contributed by atoms with Crippen molar-refractivity contribution >= 4 is 33.0 Å². The fourth-order valence-electron chi connectivity index (χ4n) is 5.18. The van der Waals surface area contributed by atoms with Gasteiger partial charge >= 0.3 is 6.18 Å². The number of rotatable bonds is 6. The van der Waals surface area contributed by atoms with Crippen molar-refractivity contribution in [1.82, 2.24) is 15.0 Å². The topological polar surface area (TPSA) is 117 Å². The summed E-state index contributed by atoms with van der Waals surface area (Å²) < 4.78 is 63.7. The molecule has 2 aliphatic heterocycles. The maximum absolute atomic E-state index is 13.5. The van der Waals surface area contributed by atoms with Crippen molar-refractivity contribution in [2.75, 3.05) is 40.5 Å². The van der Waals surface area contributed by atoms with E-state index in [0.717, 1.165) is 28.6 Å². The van der Waals surface area contributed by atoms with Crippen molar-refractivity contribution in [3.05, 3.63) is 65.2 Å². The predicted octanol–water partition coefficient (Wildman–Crippen LogP) is 3.58. The van der Waals surface area contributed by atoms with E-state index in [1.165, 1.54) is 18.6 Å². The minimum absolute atomic E-state index is 0.111. The quantitative estimate of drug-likeness (QED) is 0.481. The van der Waals surface area contributed by atoms with Gasteiger partial charge < -0.3 is 15.1 Å². The summed E-state index contributed by atoms with van der Waals surface area (Å²) in [6.07, 6.45) is -1.32. The van der Waals surface area contributed by atoms with Gasteiger partial charge in [-0.15, -0.1) is 0 Å². The van der Waals surface area contributed by atoms with Crippen LogP contribution in [0.4, 0.5) is 36.2 Å². The smallest absolute Gasteiger partial charge is 0.369 e. The van der Waals surface area contributed by atoms with E-state index in [9.17, 15) is 21.6 Å². The van der Waals surface area contributed by atoms with Gasteiger partial charge in [0.1, 0.15) is 18.0 Å². The van der Waals surface area contributed by atoms with Crippen LogP contribution < -0.4 is 20.3 Å². The molecule has 2 aliphatic rings. The Balaban J connectivity index is 1.40. The lowest BCUT2D eigenvalue weighted by molar-refractivity contribution is -0.137. The molecule has 0 spiro atoms. The van der Waals surface area contributed by atoms with E-state index in [1.807, 2.05) is 23.1 Å². The normalized spacial score (nSPS) is 16.8. The van der Waals surface area contributed by atoms with Crippen molar-refractivity contribution in [3.8, 4) is 0 Å². The third-order valence-electron chi connectivity index (χ3n) is 6.96. The molecule has 0 atom stereocenters. The van der Waals surface area contributed by atoms with Gasteiger partial charge in [-0.2, -0.15) is 13.2 Å². The highest BCUT2D eigenvalue weighted by Gasteiger charge is 2.37. The van der Waals surface area contributed by atoms with Crippen LogP contribution in [-0.4, -0.2) is 48.8 Å². The Hall–Kier alpha value is -3.45. The van der Waals surface area contributed by atoms with Gasteiger partial charge in [-0.3, -0.25) is 0 Å².